The highest BCUT2D eigenvalue weighted by atomic mass is 35.5. The molecule has 1 aliphatic heterocycles. The molecule has 0 bridgehead atoms. The first-order valence-corrected chi connectivity index (χ1v) is 7.47. The van der Waals surface area contributed by atoms with Crippen LogP contribution in [0.3, 0.4) is 0 Å². The highest BCUT2D eigenvalue weighted by Crippen LogP contribution is 2.28. The van der Waals surface area contributed by atoms with Crippen LogP contribution in [0.25, 0.3) is 0 Å². The smallest absolute Gasteiger partial charge is 0.163 e. The van der Waals surface area contributed by atoms with Crippen LogP contribution in [0, 0.1) is 0 Å². The molecule has 1 unspecified atom stereocenters. The molecule has 21 heavy (non-hydrogen) atoms. The van der Waals surface area contributed by atoms with E-state index in [0.29, 0.717) is 30.8 Å². The van der Waals surface area contributed by atoms with E-state index < -0.39 is 0 Å². The first kappa shape index (κ1) is 14.4. The zero-order chi connectivity index (χ0) is 14.7. The summed E-state index contributed by atoms with van der Waals surface area (Å²) in [6, 6.07) is 9.97. The van der Waals surface area contributed by atoms with E-state index in [0.717, 1.165) is 23.2 Å². The molecule has 110 valence electrons. The van der Waals surface area contributed by atoms with Gasteiger partial charge in [-0.1, -0.05) is 41.9 Å². The predicted octanol–water partition coefficient (Wildman–Crippen LogP) is 3.33. The summed E-state index contributed by atoms with van der Waals surface area (Å²) < 4.78 is 11.3. The van der Waals surface area contributed by atoms with Gasteiger partial charge in [-0.05, 0) is 12.5 Å². The summed E-state index contributed by atoms with van der Waals surface area (Å²) in [4.78, 5) is 9.10. The lowest BCUT2D eigenvalue weighted by atomic mass is 10.1. The molecule has 2 heterocycles. The normalized spacial score (nSPS) is 15.5. The summed E-state index contributed by atoms with van der Waals surface area (Å²) in [6.45, 7) is 3.70. The molecule has 3 rings (SSSR count). The Bertz CT molecular complexity index is 619. The molecule has 1 aromatic heterocycles. The monoisotopic (exact) mass is 304 g/mol. The molecule has 2 aromatic rings. The summed E-state index contributed by atoms with van der Waals surface area (Å²) in [7, 11) is 0. The number of hydrogen-bond acceptors (Lipinski definition) is 4. The Balaban J connectivity index is 2.02. The van der Waals surface area contributed by atoms with Crippen molar-refractivity contribution in [3.63, 3.8) is 0 Å². The summed E-state index contributed by atoms with van der Waals surface area (Å²) in [5, 5.41) is 0.468. The van der Waals surface area contributed by atoms with E-state index in [9.17, 15) is 0 Å². The van der Waals surface area contributed by atoms with Crippen molar-refractivity contribution < 1.29 is 9.47 Å². The fourth-order valence-corrected chi connectivity index (χ4v) is 2.69. The van der Waals surface area contributed by atoms with Gasteiger partial charge in [0.05, 0.1) is 18.9 Å². The van der Waals surface area contributed by atoms with E-state index in [2.05, 4.69) is 9.97 Å². The van der Waals surface area contributed by atoms with Gasteiger partial charge in [-0.25, -0.2) is 9.97 Å². The molecule has 0 radical (unpaired) electrons. The zero-order valence-electron chi connectivity index (χ0n) is 11.9. The van der Waals surface area contributed by atoms with Gasteiger partial charge < -0.3 is 9.47 Å². The molecular formula is C16H17ClN2O2. The van der Waals surface area contributed by atoms with Crippen molar-refractivity contribution in [3.8, 4) is 0 Å². The van der Waals surface area contributed by atoms with Gasteiger partial charge in [0.1, 0.15) is 11.3 Å². The first-order chi connectivity index (χ1) is 10.3. The topological polar surface area (TPSA) is 44.2 Å². The average Bonchev–Trinajstić information content (AvgIpc) is 2.53. The molecule has 0 aliphatic carbocycles. The minimum Gasteiger partial charge on any atom is -0.376 e. The Kier molecular flexibility index (Phi) is 4.48. The maximum Gasteiger partial charge on any atom is 0.163 e. The maximum absolute atomic E-state index is 6.29. The molecule has 0 N–H and O–H groups in total. The Morgan fingerprint density at radius 2 is 2.10 bits per heavy atom. The van der Waals surface area contributed by atoms with E-state index in [1.807, 2.05) is 37.3 Å². The Morgan fingerprint density at radius 1 is 1.29 bits per heavy atom. The van der Waals surface area contributed by atoms with E-state index in [4.69, 9.17) is 21.1 Å². The van der Waals surface area contributed by atoms with Crippen LogP contribution in [0.4, 0.5) is 0 Å². The standard InChI is InChI=1S/C16H17ClN2O2/c1-2-21-14(11-6-4-3-5-7-11)16-18-13-8-9-20-10-12(13)15(17)19-16/h3-7,14H,2,8-10H2,1H3. The highest BCUT2D eigenvalue weighted by Gasteiger charge is 2.23. The lowest BCUT2D eigenvalue weighted by Gasteiger charge is -2.21. The highest BCUT2D eigenvalue weighted by molar-refractivity contribution is 6.30. The van der Waals surface area contributed by atoms with E-state index in [-0.39, 0.29) is 6.10 Å². The third kappa shape index (κ3) is 3.07. The van der Waals surface area contributed by atoms with Gasteiger partial charge in [0.2, 0.25) is 0 Å². The van der Waals surface area contributed by atoms with Crippen molar-refractivity contribution in [3.05, 3.63) is 58.1 Å². The number of aromatic nitrogens is 2. The lowest BCUT2D eigenvalue weighted by Crippen LogP contribution is -2.18. The van der Waals surface area contributed by atoms with Crippen LogP contribution in [-0.4, -0.2) is 23.2 Å². The fourth-order valence-electron chi connectivity index (χ4n) is 2.44. The quantitative estimate of drug-likeness (QED) is 0.813. The molecule has 0 spiro atoms. The third-order valence-corrected chi connectivity index (χ3v) is 3.77. The van der Waals surface area contributed by atoms with Gasteiger partial charge in [-0.15, -0.1) is 0 Å². The minimum absolute atomic E-state index is 0.290. The van der Waals surface area contributed by atoms with Gasteiger partial charge in [0.25, 0.3) is 0 Å². The lowest BCUT2D eigenvalue weighted by molar-refractivity contribution is 0.0829. The first-order valence-electron chi connectivity index (χ1n) is 7.09. The number of nitrogens with zero attached hydrogens (tertiary/aromatic N) is 2. The molecule has 1 atom stereocenters. The molecule has 1 aromatic carbocycles. The van der Waals surface area contributed by atoms with Gasteiger partial charge in [-0.2, -0.15) is 0 Å². The number of fused-ring (bicyclic) bond motifs is 1. The average molecular weight is 305 g/mol. The Labute approximate surface area is 129 Å². The van der Waals surface area contributed by atoms with Crippen LogP contribution < -0.4 is 0 Å². The van der Waals surface area contributed by atoms with Crippen molar-refractivity contribution in [1.29, 1.82) is 0 Å². The van der Waals surface area contributed by atoms with Gasteiger partial charge in [0, 0.05) is 18.6 Å². The SMILES string of the molecule is CCOC(c1ccccc1)c1nc(Cl)c2c(n1)CCOC2. The van der Waals surface area contributed by atoms with Crippen LogP contribution in [0.15, 0.2) is 30.3 Å². The molecular weight excluding hydrogens is 288 g/mol. The number of hydrogen-bond donors (Lipinski definition) is 0. The van der Waals surface area contributed by atoms with Crippen molar-refractivity contribution >= 4 is 11.6 Å². The molecule has 0 saturated carbocycles. The van der Waals surface area contributed by atoms with Crippen LogP contribution in [-0.2, 0) is 22.5 Å². The largest absolute Gasteiger partial charge is 0.376 e. The van der Waals surface area contributed by atoms with Crippen molar-refractivity contribution in [1.82, 2.24) is 9.97 Å². The number of rotatable bonds is 4. The summed E-state index contributed by atoms with van der Waals surface area (Å²) >= 11 is 6.29. The maximum atomic E-state index is 6.29. The number of ether oxygens (including phenoxy) is 2. The third-order valence-electron chi connectivity index (χ3n) is 3.46. The summed E-state index contributed by atoms with van der Waals surface area (Å²) in [6.07, 6.45) is 0.472. The number of halogens is 1. The van der Waals surface area contributed by atoms with Crippen LogP contribution >= 0.6 is 11.6 Å². The Morgan fingerprint density at radius 3 is 2.86 bits per heavy atom. The van der Waals surface area contributed by atoms with Crippen LogP contribution in [0.1, 0.15) is 35.7 Å². The second kappa shape index (κ2) is 6.52. The second-order valence-electron chi connectivity index (χ2n) is 4.85. The molecule has 0 fully saturated rings. The van der Waals surface area contributed by atoms with Crippen LogP contribution in [0.5, 0.6) is 0 Å². The van der Waals surface area contributed by atoms with Crippen molar-refractivity contribution in [2.75, 3.05) is 13.2 Å². The van der Waals surface area contributed by atoms with Crippen molar-refractivity contribution in [2.45, 2.75) is 26.1 Å². The molecule has 5 heteroatoms. The molecule has 4 nitrogen and oxygen atoms in total. The summed E-state index contributed by atoms with van der Waals surface area (Å²) in [5.41, 5.74) is 2.90. The number of benzene rings is 1. The van der Waals surface area contributed by atoms with E-state index in [1.165, 1.54) is 0 Å². The summed E-state index contributed by atoms with van der Waals surface area (Å²) in [5.74, 6) is 0.619. The molecule has 0 amide bonds. The van der Waals surface area contributed by atoms with Crippen molar-refractivity contribution in [2.24, 2.45) is 0 Å². The predicted molar refractivity (Wildman–Crippen MR) is 80.3 cm³/mol. The van der Waals surface area contributed by atoms with Gasteiger partial charge >= 0.3 is 0 Å². The fraction of sp³-hybridized carbons (Fsp3) is 0.375. The van der Waals surface area contributed by atoms with Gasteiger partial charge in [0.15, 0.2) is 5.82 Å². The van der Waals surface area contributed by atoms with Gasteiger partial charge in [-0.3, -0.25) is 0 Å². The van der Waals surface area contributed by atoms with E-state index in [1.54, 1.807) is 0 Å². The molecule has 0 saturated heterocycles. The van der Waals surface area contributed by atoms with Crippen LogP contribution in [0.2, 0.25) is 5.15 Å². The molecule has 1 aliphatic rings. The Hall–Kier alpha value is -1.49. The minimum atomic E-state index is -0.290. The second-order valence-corrected chi connectivity index (χ2v) is 5.20. The van der Waals surface area contributed by atoms with E-state index >= 15 is 0 Å². The zero-order valence-corrected chi connectivity index (χ0v) is 12.6.